The molecule has 4 rings (SSSR count). The van der Waals surface area contributed by atoms with Gasteiger partial charge in [0.25, 0.3) is 0 Å². The van der Waals surface area contributed by atoms with Crippen molar-refractivity contribution in [2.45, 2.75) is 88.4 Å². The van der Waals surface area contributed by atoms with E-state index in [1.54, 1.807) is 6.07 Å². The molecule has 0 bridgehead atoms. The smallest absolute Gasteiger partial charge is 0.357 e. The minimum absolute atomic E-state index is 0.0137. The SMILES string of the molecule is COc1ccc(C)c2c1O[C@H]1C(OC(=O)[C@H](OC(C)=O)[C@@H](OC(C)=O)C(=O)O[C@H](CC(=O)O)C(=O)O)=CC[C@@]3(O)[C@@H](C)N(C)CC[C@]213. The molecule has 7 atom stereocenters. The van der Waals surface area contributed by atoms with E-state index in [1.165, 1.54) is 13.2 Å². The zero-order valence-corrected chi connectivity index (χ0v) is 26.6. The van der Waals surface area contributed by atoms with E-state index >= 15 is 0 Å². The van der Waals surface area contributed by atoms with Crippen molar-refractivity contribution in [3.63, 3.8) is 0 Å². The number of fused-ring (bicyclic) bond motifs is 1. The minimum Gasteiger partial charge on any atom is -0.493 e. The lowest BCUT2D eigenvalue weighted by molar-refractivity contribution is -0.195. The molecule has 0 radical (unpaired) electrons. The number of likely N-dealkylation sites (N-methyl/N-ethyl adjacent to an activating group) is 1. The number of benzene rings is 1. The summed E-state index contributed by atoms with van der Waals surface area (Å²) in [5.41, 5.74) is -1.13. The Bertz CT molecular complexity index is 1520. The van der Waals surface area contributed by atoms with Gasteiger partial charge in [0.05, 0.1) is 24.5 Å². The predicted molar refractivity (Wildman–Crippen MR) is 155 cm³/mol. The van der Waals surface area contributed by atoms with Crippen LogP contribution < -0.4 is 9.47 Å². The third-order valence-electron chi connectivity index (χ3n) is 8.97. The topological polar surface area (TPSA) is 222 Å². The Morgan fingerprint density at radius 3 is 2.19 bits per heavy atom. The maximum Gasteiger partial charge on any atom is 0.357 e. The van der Waals surface area contributed by atoms with Crippen LogP contribution in [-0.4, -0.2) is 113 Å². The van der Waals surface area contributed by atoms with Crippen molar-refractivity contribution in [2.24, 2.45) is 0 Å². The Hall–Kier alpha value is -4.70. The van der Waals surface area contributed by atoms with E-state index in [0.717, 1.165) is 19.4 Å². The number of hydrogen-bond acceptors (Lipinski definition) is 14. The van der Waals surface area contributed by atoms with Crippen LogP contribution in [0, 0.1) is 6.92 Å². The molecule has 3 aliphatic rings. The van der Waals surface area contributed by atoms with Crippen LogP contribution in [0.2, 0.25) is 0 Å². The average Bonchev–Trinajstić information content (AvgIpc) is 3.35. The third-order valence-corrected chi connectivity index (χ3v) is 8.97. The van der Waals surface area contributed by atoms with Crippen molar-refractivity contribution in [1.82, 2.24) is 4.90 Å². The molecule has 16 heteroatoms. The molecule has 1 aromatic carbocycles. The van der Waals surface area contributed by atoms with E-state index in [9.17, 15) is 39.0 Å². The van der Waals surface area contributed by atoms with Crippen molar-refractivity contribution in [3.8, 4) is 11.5 Å². The van der Waals surface area contributed by atoms with E-state index < -0.39 is 83.7 Å². The average molecular weight is 664 g/mol. The van der Waals surface area contributed by atoms with Gasteiger partial charge >= 0.3 is 35.8 Å². The summed E-state index contributed by atoms with van der Waals surface area (Å²) in [5, 5.41) is 30.8. The summed E-state index contributed by atoms with van der Waals surface area (Å²) in [6.45, 7) is 6.00. The summed E-state index contributed by atoms with van der Waals surface area (Å²) >= 11 is 0. The van der Waals surface area contributed by atoms with Gasteiger partial charge in [0.15, 0.2) is 17.6 Å². The van der Waals surface area contributed by atoms with Crippen LogP contribution in [0.4, 0.5) is 0 Å². The Balaban J connectivity index is 1.76. The maximum atomic E-state index is 13.8. The number of carbonyl (C=O) groups excluding carboxylic acids is 4. The number of aryl methyl sites for hydroxylation is 1. The predicted octanol–water partition coefficient (Wildman–Crippen LogP) is 0.623. The molecule has 1 fully saturated rings. The normalized spacial score (nSPS) is 26.4. The molecule has 16 nitrogen and oxygen atoms in total. The molecule has 2 heterocycles. The highest BCUT2D eigenvalue weighted by atomic mass is 16.6. The van der Waals surface area contributed by atoms with Crippen molar-refractivity contribution in [2.75, 3.05) is 20.7 Å². The zero-order valence-electron chi connectivity index (χ0n) is 26.6. The standard InChI is InChI=1S/C31H37NO15/c1-14-7-8-18(42-6)23-22(14)30-11-12-32(5)15(2)31(30,41)10-9-19(26(30)47-23)45-28(39)24(43-16(3)33)25(44-17(4)34)29(40)46-20(27(37)38)13-21(35)36/h7-9,15,20,24-26,41H,10-13H2,1-6H3,(H,35,36)(H,37,38)/t15-,20-,24-,25-,26+,30+,31-/m1/s1. The summed E-state index contributed by atoms with van der Waals surface area (Å²) in [6.07, 6.45) is -7.43. The largest absolute Gasteiger partial charge is 0.493 e. The molecule has 1 spiro atoms. The molecule has 3 N–H and O–H groups in total. The molecule has 0 saturated carbocycles. The number of esters is 4. The van der Waals surface area contributed by atoms with E-state index in [1.807, 2.05) is 31.9 Å². The second-order valence-corrected chi connectivity index (χ2v) is 11.7. The van der Waals surface area contributed by atoms with Crippen LogP contribution in [0.25, 0.3) is 0 Å². The molecular weight excluding hydrogens is 626 g/mol. The number of carboxylic acids is 2. The highest BCUT2D eigenvalue weighted by Crippen LogP contribution is 2.62. The molecular formula is C31H37NO15. The van der Waals surface area contributed by atoms with Crippen LogP contribution in [0.1, 0.15) is 51.2 Å². The number of aliphatic carboxylic acids is 2. The van der Waals surface area contributed by atoms with Crippen molar-refractivity contribution in [1.29, 1.82) is 0 Å². The lowest BCUT2D eigenvalue weighted by Gasteiger charge is -2.58. The maximum absolute atomic E-state index is 13.8. The van der Waals surface area contributed by atoms with Gasteiger partial charge in [0, 0.05) is 31.9 Å². The van der Waals surface area contributed by atoms with Gasteiger partial charge in [-0.15, -0.1) is 0 Å². The highest BCUT2D eigenvalue weighted by molar-refractivity contribution is 5.91. The second kappa shape index (κ2) is 13.2. The van der Waals surface area contributed by atoms with E-state index in [4.69, 9.17) is 33.5 Å². The van der Waals surface area contributed by atoms with Gasteiger partial charge in [-0.25, -0.2) is 14.4 Å². The number of likely N-dealkylation sites (tertiary alicyclic amines) is 1. The fourth-order valence-electron chi connectivity index (χ4n) is 6.70. The number of aliphatic hydroxyl groups is 1. The van der Waals surface area contributed by atoms with Gasteiger partial charge < -0.3 is 48.6 Å². The summed E-state index contributed by atoms with van der Waals surface area (Å²) in [4.78, 5) is 75.6. The van der Waals surface area contributed by atoms with Crippen LogP contribution in [0.3, 0.4) is 0 Å². The van der Waals surface area contributed by atoms with Crippen LogP contribution >= 0.6 is 0 Å². The molecule has 1 aromatic rings. The van der Waals surface area contributed by atoms with E-state index in [0.29, 0.717) is 30.0 Å². The molecule has 0 unspecified atom stereocenters. The lowest BCUT2D eigenvalue weighted by Crippen LogP contribution is -2.71. The Kier molecular flexibility index (Phi) is 9.87. The third kappa shape index (κ3) is 6.22. The van der Waals surface area contributed by atoms with Crippen molar-refractivity contribution < 1.29 is 72.5 Å². The Morgan fingerprint density at radius 1 is 1.02 bits per heavy atom. The highest BCUT2D eigenvalue weighted by Gasteiger charge is 2.69. The van der Waals surface area contributed by atoms with Gasteiger partial charge in [-0.3, -0.25) is 14.4 Å². The van der Waals surface area contributed by atoms with Crippen LogP contribution in [-0.2, 0) is 53.1 Å². The number of hydrogen-bond donors (Lipinski definition) is 3. The van der Waals surface area contributed by atoms with Gasteiger partial charge in [-0.05, 0) is 51.6 Å². The monoisotopic (exact) mass is 663 g/mol. The Morgan fingerprint density at radius 2 is 1.64 bits per heavy atom. The van der Waals surface area contributed by atoms with E-state index in [-0.39, 0.29) is 12.2 Å². The number of ether oxygens (including phenoxy) is 6. The number of methoxy groups -OCH3 is 1. The number of rotatable bonds is 11. The molecule has 2 aliphatic heterocycles. The first-order valence-electron chi connectivity index (χ1n) is 14.7. The number of piperidine rings is 1. The summed E-state index contributed by atoms with van der Waals surface area (Å²) < 4.78 is 32.5. The molecule has 256 valence electrons. The minimum atomic E-state index is -2.39. The van der Waals surface area contributed by atoms with Crippen molar-refractivity contribution in [3.05, 3.63) is 35.1 Å². The fraction of sp³-hybridized carbons (Fsp3) is 0.548. The van der Waals surface area contributed by atoms with Crippen LogP contribution in [0.5, 0.6) is 11.5 Å². The summed E-state index contributed by atoms with van der Waals surface area (Å²) in [6, 6.07) is 3.14. The number of nitrogens with zero attached hydrogens (tertiary/aromatic N) is 1. The quantitative estimate of drug-likeness (QED) is 0.218. The van der Waals surface area contributed by atoms with Crippen LogP contribution in [0.15, 0.2) is 24.0 Å². The van der Waals surface area contributed by atoms with Gasteiger partial charge in [-0.2, -0.15) is 0 Å². The number of carbonyl (C=O) groups is 6. The fourth-order valence-corrected chi connectivity index (χ4v) is 6.70. The first-order chi connectivity index (χ1) is 22.0. The van der Waals surface area contributed by atoms with Crippen molar-refractivity contribution >= 4 is 35.8 Å². The van der Waals surface area contributed by atoms with Gasteiger partial charge in [-0.1, -0.05) is 6.07 Å². The molecule has 1 aliphatic carbocycles. The summed E-state index contributed by atoms with van der Waals surface area (Å²) in [7, 11) is 3.33. The first kappa shape index (κ1) is 35.2. The molecule has 47 heavy (non-hydrogen) atoms. The summed E-state index contributed by atoms with van der Waals surface area (Å²) in [5.74, 6) is -8.23. The second-order valence-electron chi connectivity index (χ2n) is 11.7. The first-order valence-corrected chi connectivity index (χ1v) is 14.7. The Labute approximate surface area is 269 Å². The molecule has 1 saturated heterocycles. The zero-order chi connectivity index (χ0) is 35.0. The molecule has 0 aromatic heterocycles. The lowest BCUT2D eigenvalue weighted by atomic mass is 9.54. The van der Waals surface area contributed by atoms with Gasteiger partial charge in [0.1, 0.15) is 5.76 Å². The number of carboxylic acid groups (broad SMARTS) is 2. The van der Waals surface area contributed by atoms with Gasteiger partial charge in [0.2, 0.25) is 18.3 Å². The van der Waals surface area contributed by atoms with E-state index in [2.05, 4.69) is 0 Å². The molecule has 0 amide bonds.